The zero-order valence-electron chi connectivity index (χ0n) is 13.3. The number of carbonyl (C=O) groups excluding carboxylic acids is 1. The summed E-state index contributed by atoms with van der Waals surface area (Å²) in [5.41, 5.74) is 7.36. The van der Waals surface area contributed by atoms with E-state index in [0.29, 0.717) is 13.2 Å². The van der Waals surface area contributed by atoms with Crippen LogP contribution in [-0.2, 0) is 9.53 Å². The van der Waals surface area contributed by atoms with Crippen molar-refractivity contribution >= 4 is 5.91 Å². The third-order valence-electron chi connectivity index (χ3n) is 5.13. The van der Waals surface area contributed by atoms with Gasteiger partial charge in [0.1, 0.15) is 0 Å². The molecule has 2 aliphatic rings. The molecule has 4 unspecified atom stereocenters. The second kappa shape index (κ2) is 6.80. The summed E-state index contributed by atoms with van der Waals surface area (Å²) in [7, 11) is 0. The van der Waals surface area contributed by atoms with Gasteiger partial charge >= 0.3 is 0 Å². The number of nitrogens with two attached hydrogens (primary N) is 1. The molecule has 120 valence electrons. The molecule has 2 fully saturated rings. The van der Waals surface area contributed by atoms with Crippen LogP contribution in [-0.4, -0.2) is 36.1 Å². The summed E-state index contributed by atoms with van der Waals surface area (Å²) < 4.78 is 5.86. The highest BCUT2D eigenvalue weighted by Crippen LogP contribution is 2.31. The topological polar surface area (TPSA) is 55.6 Å². The number of ether oxygens (including phenoxy) is 1. The molecule has 1 aliphatic carbocycles. The van der Waals surface area contributed by atoms with Crippen LogP contribution < -0.4 is 5.73 Å². The normalized spacial score (nSPS) is 27.8. The first-order valence-corrected chi connectivity index (χ1v) is 8.41. The van der Waals surface area contributed by atoms with Crippen molar-refractivity contribution in [3.63, 3.8) is 0 Å². The largest absolute Gasteiger partial charge is 0.374 e. The number of nitrogens with zero attached hydrogens (tertiary/aromatic N) is 1. The molecule has 3 rings (SSSR count). The van der Waals surface area contributed by atoms with E-state index >= 15 is 0 Å². The molecule has 22 heavy (non-hydrogen) atoms. The van der Waals surface area contributed by atoms with E-state index in [-0.39, 0.29) is 30.0 Å². The van der Waals surface area contributed by atoms with Crippen molar-refractivity contribution < 1.29 is 9.53 Å². The van der Waals surface area contributed by atoms with Crippen LogP contribution in [0.2, 0.25) is 0 Å². The first kappa shape index (κ1) is 15.5. The van der Waals surface area contributed by atoms with Crippen LogP contribution in [0.15, 0.2) is 30.3 Å². The lowest BCUT2D eigenvalue weighted by Crippen LogP contribution is -2.56. The van der Waals surface area contributed by atoms with Gasteiger partial charge in [-0.2, -0.15) is 0 Å². The van der Waals surface area contributed by atoms with Gasteiger partial charge in [0, 0.05) is 12.6 Å². The summed E-state index contributed by atoms with van der Waals surface area (Å²) >= 11 is 0. The van der Waals surface area contributed by atoms with Crippen molar-refractivity contribution in [2.45, 2.75) is 50.8 Å². The van der Waals surface area contributed by atoms with Gasteiger partial charge in [0.25, 0.3) is 0 Å². The zero-order chi connectivity index (χ0) is 15.5. The average Bonchev–Trinajstić information content (AvgIpc) is 2.60. The molecule has 1 aromatic rings. The van der Waals surface area contributed by atoms with Gasteiger partial charge in [-0.3, -0.25) is 4.79 Å². The van der Waals surface area contributed by atoms with E-state index in [0.717, 1.165) is 18.4 Å². The fourth-order valence-corrected chi connectivity index (χ4v) is 3.75. The number of hydrogen-bond acceptors (Lipinski definition) is 3. The number of morpholine rings is 1. The molecule has 1 saturated carbocycles. The van der Waals surface area contributed by atoms with E-state index in [9.17, 15) is 4.79 Å². The van der Waals surface area contributed by atoms with Crippen molar-refractivity contribution in [1.82, 2.24) is 4.90 Å². The third-order valence-corrected chi connectivity index (χ3v) is 5.13. The molecule has 0 aromatic heterocycles. The van der Waals surface area contributed by atoms with E-state index in [1.54, 1.807) is 0 Å². The van der Waals surface area contributed by atoms with Gasteiger partial charge in [-0.05, 0) is 18.4 Å². The quantitative estimate of drug-likeness (QED) is 0.933. The van der Waals surface area contributed by atoms with E-state index in [1.807, 2.05) is 42.2 Å². The van der Waals surface area contributed by atoms with Crippen LogP contribution in [0.5, 0.6) is 0 Å². The van der Waals surface area contributed by atoms with Crippen molar-refractivity contribution in [2.24, 2.45) is 11.7 Å². The minimum absolute atomic E-state index is 0.177. The Labute approximate surface area is 132 Å². The lowest BCUT2D eigenvalue weighted by molar-refractivity contribution is -0.153. The molecule has 1 heterocycles. The van der Waals surface area contributed by atoms with E-state index in [4.69, 9.17) is 10.5 Å². The van der Waals surface area contributed by atoms with Crippen LogP contribution in [0.4, 0.5) is 0 Å². The Hall–Kier alpha value is -1.39. The average molecular weight is 302 g/mol. The van der Waals surface area contributed by atoms with Gasteiger partial charge in [-0.15, -0.1) is 0 Å². The van der Waals surface area contributed by atoms with E-state index in [1.165, 1.54) is 12.8 Å². The standard InChI is InChI=1S/C18H26N2O2/c1-13(17(19)14-7-3-2-4-8-14)18(21)20-11-12-22-16-10-6-5-9-15(16)20/h2-4,7-8,13,15-17H,5-6,9-12,19H2,1H3. The highest BCUT2D eigenvalue weighted by atomic mass is 16.5. The molecule has 2 N–H and O–H groups in total. The molecular formula is C18H26N2O2. The van der Waals surface area contributed by atoms with Crippen molar-refractivity contribution in [3.8, 4) is 0 Å². The Morgan fingerprint density at radius 2 is 2.00 bits per heavy atom. The second-order valence-corrected chi connectivity index (χ2v) is 6.52. The van der Waals surface area contributed by atoms with Gasteiger partial charge in [-0.1, -0.05) is 50.1 Å². The number of rotatable bonds is 3. The maximum absolute atomic E-state index is 13.0. The molecule has 0 spiro atoms. The third kappa shape index (κ3) is 3.03. The highest BCUT2D eigenvalue weighted by molar-refractivity contribution is 5.80. The van der Waals surface area contributed by atoms with Crippen molar-refractivity contribution in [3.05, 3.63) is 35.9 Å². The second-order valence-electron chi connectivity index (χ2n) is 6.52. The van der Waals surface area contributed by atoms with Gasteiger partial charge < -0.3 is 15.4 Å². The summed E-state index contributed by atoms with van der Waals surface area (Å²) in [6.45, 7) is 3.30. The number of fused-ring (bicyclic) bond motifs is 1. The molecule has 4 heteroatoms. The minimum atomic E-state index is -0.251. The van der Waals surface area contributed by atoms with Crippen LogP contribution in [0.3, 0.4) is 0 Å². The molecule has 1 aromatic carbocycles. The molecular weight excluding hydrogens is 276 g/mol. The molecule has 0 radical (unpaired) electrons. The first-order chi connectivity index (χ1) is 10.7. The van der Waals surface area contributed by atoms with Gasteiger partial charge in [0.15, 0.2) is 0 Å². The predicted molar refractivity (Wildman–Crippen MR) is 86.2 cm³/mol. The summed E-state index contributed by atoms with van der Waals surface area (Å²) in [6.07, 6.45) is 4.76. The lowest BCUT2D eigenvalue weighted by atomic mass is 9.88. The molecule has 4 atom stereocenters. The zero-order valence-corrected chi connectivity index (χ0v) is 13.3. The molecule has 1 saturated heterocycles. The molecule has 1 amide bonds. The Morgan fingerprint density at radius 1 is 1.27 bits per heavy atom. The van der Waals surface area contributed by atoms with Crippen molar-refractivity contribution in [2.75, 3.05) is 13.2 Å². The molecule has 1 aliphatic heterocycles. The Bertz CT molecular complexity index is 503. The monoisotopic (exact) mass is 302 g/mol. The molecule has 4 nitrogen and oxygen atoms in total. The number of amides is 1. The summed E-state index contributed by atoms with van der Waals surface area (Å²) in [5, 5.41) is 0. The van der Waals surface area contributed by atoms with Gasteiger partial charge in [0.2, 0.25) is 5.91 Å². The first-order valence-electron chi connectivity index (χ1n) is 8.41. The van der Waals surface area contributed by atoms with Gasteiger partial charge in [0.05, 0.1) is 24.7 Å². The Kier molecular flexibility index (Phi) is 4.79. The van der Waals surface area contributed by atoms with Crippen LogP contribution in [0, 0.1) is 5.92 Å². The Balaban J connectivity index is 1.72. The fraction of sp³-hybridized carbons (Fsp3) is 0.611. The number of hydrogen-bond donors (Lipinski definition) is 1. The smallest absolute Gasteiger partial charge is 0.227 e. The van der Waals surface area contributed by atoms with E-state index in [2.05, 4.69) is 0 Å². The maximum Gasteiger partial charge on any atom is 0.227 e. The van der Waals surface area contributed by atoms with E-state index < -0.39 is 0 Å². The van der Waals surface area contributed by atoms with Gasteiger partial charge in [-0.25, -0.2) is 0 Å². The number of carbonyl (C=O) groups is 1. The predicted octanol–water partition coefficient (Wildman–Crippen LogP) is 2.49. The lowest BCUT2D eigenvalue weighted by Gasteiger charge is -2.45. The van der Waals surface area contributed by atoms with Crippen LogP contribution >= 0.6 is 0 Å². The van der Waals surface area contributed by atoms with Crippen LogP contribution in [0.25, 0.3) is 0 Å². The molecule has 0 bridgehead atoms. The summed E-state index contributed by atoms with van der Waals surface area (Å²) in [4.78, 5) is 15.0. The minimum Gasteiger partial charge on any atom is -0.374 e. The summed E-state index contributed by atoms with van der Waals surface area (Å²) in [5.74, 6) is -0.0281. The van der Waals surface area contributed by atoms with Crippen molar-refractivity contribution in [1.29, 1.82) is 0 Å². The SMILES string of the molecule is CC(C(=O)N1CCOC2CCCCC21)C(N)c1ccccc1. The number of benzene rings is 1. The van der Waals surface area contributed by atoms with Crippen LogP contribution in [0.1, 0.15) is 44.2 Å². The Morgan fingerprint density at radius 3 is 2.77 bits per heavy atom. The maximum atomic E-state index is 13.0. The summed E-state index contributed by atoms with van der Waals surface area (Å²) in [6, 6.07) is 9.90. The fourth-order valence-electron chi connectivity index (χ4n) is 3.75. The highest BCUT2D eigenvalue weighted by Gasteiger charge is 2.39.